The fourth-order valence-electron chi connectivity index (χ4n) is 0.160. The van der Waals surface area contributed by atoms with Crippen molar-refractivity contribution in [2.45, 2.75) is 0 Å². The maximum Gasteiger partial charge on any atom is 0.0831 e. The van der Waals surface area contributed by atoms with Crippen LogP contribution in [0.15, 0.2) is 0 Å². The topological polar surface area (TPSA) is 56.5 Å². The molecule has 0 unspecified atom stereocenters. The summed E-state index contributed by atoms with van der Waals surface area (Å²) in [5, 5.41) is 0. The van der Waals surface area contributed by atoms with Gasteiger partial charge in [-0.05, 0) is 0 Å². The summed E-state index contributed by atoms with van der Waals surface area (Å²) in [5.74, 6) is 0. The van der Waals surface area contributed by atoms with Crippen molar-refractivity contribution in [2.24, 2.45) is 5.73 Å². The van der Waals surface area contributed by atoms with Crippen LogP contribution >= 0.6 is 0 Å². The zero-order chi connectivity index (χ0) is 5.54. The summed E-state index contributed by atoms with van der Waals surface area (Å²) in [6.07, 6.45) is 0. The van der Waals surface area contributed by atoms with Crippen LogP contribution in [0.5, 0.6) is 0 Å². The number of hydrogen-bond acceptors (Lipinski definition) is 4. The van der Waals surface area contributed by atoms with Crippen LogP contribution in [-0.4, -0.2) is 20.3 Å². The Bertz CT molecular complexity index is 30.1. The third-order valence-corrected chi connectivity index (χ3v) is 0.362. The average molecular weight is 106 g/mol. The van der Waals surface area contributed by atoms with Gasteiger partial charge < -0.3 is 5.73 Å². The summed E-state index contributed by atoms with van der Waals surface area (Å²) in [6, 6.07) is 0. The van der Waals surface area contributed by atoms with Crippen LogP contribution < -0.4 is 11.4 Å². The average Bonchev–Trinajstić information content (AvgIpc) is 1.69. The van der Waals surface area contributed by atoms with Gasteiger partial charge in [-0.15, -0.1) is 0 Å². The van der Waals surface area contributed by atoms with Gasteiger partial charge in [0.05, 0.1) is 13.7 Å². The molecular formula is C3H10N2O2. The Morgan fingerprint density at radius 2 is 2.43 bits per heavy atom. The lowest BCUT2D eigenvalue weighted by atomic mass is 10.8. The second-order valence-corrected chi connectivity index (χ2v) is 0.925. The van der Waals surface area contributed by atoms with E-state index in [-0.39, 0.29) is 0 Å². The second kappa shape index (κ2) is 5.84. The van der Waals surface area contributed by atoms with Crippen molar-refractivity contribution in [3.05, 3.63) is 0 Å². The number of hydrogen-bond donors (Lipinski definition) is 2. The zero-order valence-electron chi connectivity index (χ0n) is 4.31. The fourth-order valence-corrected chi connectivity index (χ4v) is 0.160. The summed E-state index contributed by atoms with van der Waals surface area (Å²) in [4.78, 5) is 8.85. The van der Waals surface area contributed by atoms with E-state index in [4.69, 9.17) is 5.73 Å². The number of nitrogens with two attached hydrogens (primary N) is 1. The Labute approximate surface area is 42.5 Å². The highest BCUT2D eigenvalue weighted by molar-refractivity contribution is 4.21. The van der Waals surface area contributed by atoms with E-state index in [0.29, 0.717) is 13.2 Å². The molecule has 44 valence electrons. The van der Waals surface area contributed by atoms with Crippen LogP contribution in [-0.2, 0) is 9.68 Å². The summed E-state index contributed by atoms with van der Waals surface area (Å²) in [5.41, 5.74) is 7.22. The van der Waals surface area contributed by atoms with Crippen molar-refractivity contribution in [2.75, 3.05) is 20.3 Å². The smallest absolute Gasteiger partial charge is 0.0831 e. The molecule has 0 spiro atoms. The lowest BCUT2D eigenvalue weighted by Crippen LogP contribution is -2.18. The number of nitrogens with one attached hydrogen (secondary N) is 1. The Morgan fingerprint density at radius 1 is 1.71 bits per heavy atom. The predicted octanol–water partition coefficient (Wildman–Crippen LogP) is -0.972. The van der Waals surface area contributed by atoms with Gasteiger partial charge in [0.25, 0.3) is 0 Å². The molecule has 0 radical (unpaired) electrons. The first kappa shape index (κ1) is 6.84. The minimum absolute atomic E-state index is 0.466. The van der Waals surface area contributed by atoms with E-state index in [1.165, 1.54) is 7.11 Å². The highest BCUT2D eigenvalue weighted by Crippen LogP contribution is 1.59. The molecule has 3 N–H and O–H groups in total. The van der Waals surface area contributed by atoms with Crippen LogP contribution in [0, 0.1) is 0 Å². The third-order valence-electron chi connectivity index (χ3n) is 0.362. The molecule has 0 heterocycles. The van der Waals surface area contributed by atoms with E-state index in [0.717, 1.165) is 0 Å². The van der Waals surface area contributed by atoms with Gasteiger partial charge in [0.1, 0.15) is 0 Å². The molecular weight excluding hydrogens is 96.0 g/mol. The van der Waals surface area contributed by atoms with E-state index in [2.05, 4.69) is 15.3 Å². The lowest BCUT2D eigenvalue weighted by molar-refractivity contribution is -0.149. The summed E-state index contributed by atoms with van der Waals surface area (Å²) in [7, 11) is 1.47. The van der Waals surface area contributed by atoms with Crippen molar-refractivity contribution in [3.8, 4) is 0 Å². The van der Waals surface area contributed by atoms with Crippen molar-refractivity contribution >= 4 is 0 Å². The standard InChI is InChI=1S/C3H10N2O2/c1-6-5-7-3-2-4/h5H,2-4H2,1H3. The molecule has 0 fully saturated rings. The van der Waals surface area contributed by atoms with E-state index >= 15 is 0 Å². The van der Waals surface area contributed by atoms with E-state index in [9.17, 15) is 0 Å². The van der Waals surface area contributed by atoms with Gasteiger partial charge in [-0.1, -0.05) is 5.64 Å². The first-order valence-electron chi connectivity index (χ1n) is 2.01. The van der Waals surface area contributed by atoms with Gasteiger partial charge in [-0.25, -0.2) is 0 Å². The van der Waals surface area contributed by atoms with Gasteiger partial charge in [0.2, 0.25) is 0 Å². The summed E-state index contributed by atoms with van der Waals surface area (Å²) in [6.45, 7) is 0.962. The molecule has 0 aromatic carbocycles. The molecule has 4 nitrogen and oxygen atoms in total. The van der Waals surface area contributed by atoms with Crippen molar-refractivity contribution < 1.29 is 9.68 Å². The highest BCUT2D eigenvalue weighted by atomic mass is 16.9. The Hall–Kier alpha value is -0.160. The van der Waals surface area contributed by atoms with Gasteiger partial charge in [-0.3, -0.25) is 9.68 Å². The first-order valence-corrected chi connectivity index (χ1v) is 2.01. The predicted molar refractivity (Wildman–Crippen MR) is 25.2 cm³/mol. The van der Waals surface area contributed by atoms with E-state index < -0.39 is 0 Å². The normalized spacial score (nSPS) is 9.43. The van der Waals surface area contributed by atoms with Crippen LogP contribution in [0.3, 0.4) is 0 Å². The molecule has 0 atom stereocenters. The third kappa shape index (κ3) is 5.84. The molecule has 0 amide bonds. The van der Waals surface area contributed by atoms with Crippen molar-refractivity contribution in [3.63, 3.8) is 0 Å². The molecule has 0 saturated carbocycles. The molecule has 7 heavy (non-hydrogen) atoms. The van der Waals surface area contributed by atoms with Crippen LogP contribution in [0.4, 0.5) is 0 Å². The fraction of sp³-hybridized carbons (Fsp3) is 1.00. The first-order chi connectivity index (χ1) is 3.41. The Kier molecular flexibility index (Phi) is 5.71. The zero-order valence-corrected chi connectivity index (χ0v) is 4.31. The Balaban J connectivity index is 2.45. The molecule has 0 aliphatic rings. The van der Waals surface area contributed by atoms with Crippen LogP contribution in [0.1, 0.15) is 0 Å². The van der Waals surface area contributed by atoms with Crippen LogP contribution in [0.2, 0.25) is 0 Å². The molecule has 0 aliphatic carbocycles. The molecule has 0 aromatic heterocycles. The molecule has 0 rings (SSSR count). The largest absolute Gasteiger partial charge is 0.328 e. The van der Waals surface area contributed by atoms with Gasteiger partial charge in [-0.2, -0.15) is 0 Å². The number of rotatable bonds is 4. The minimum atomic E-state index is 0.466. The maximum atomic E-state index is 5.05. The quantitative estimate of drug-likeness (QED) is 0.357. The molecule has 4 heteroatoms. The molecule has 0 bridgehead atoms. The molecule has 0 aliphatic heterocycles. The van der Waals surface area contributed by atoms with E-state index in [1.807, 2.05) is 0 Å². The SMILES string of the molecule is CONOCCN. The van der Waals surface area contributed by atoms with Gasteiger partial charge in [0.15, 0.2) is 0 Å². The summed E-state index contributed by atoms with van der Waals surface area (Å²) >= 11 is 0. The van der Waals surface area contributed by atoms with E-state index in [1.54, 1.807) is 0 Å². The van der Waals surface area contributed by atoms with Gasteiger partial charge >= 0.3 is 0 Å². The van der Waals surface area contributed by atoms with Crippen molar-refractivity contribution in [1.29, 1.82) is 0 Å². The minimum Gasteiger partial charge on any atom is -0.328 e. The second-order valence-electron chi connectivity index (χ2n) is 0.925. The molecule has 0 aromatic rings. The van der Waals surface area contributed by atoms with Gasteiger partial charge in [0, 0.05) is 6.54 Å². The van der Waals surface area contributed by atoms with Crippen LogP contribution in [0.25, 0.3) is 0 Å². The molecule has 0 saturated heterocycles. The maximum absolute atomic E-state index is 5.05. The highest BCUT2D eigenvalue weighted by Gasteiger charge is 1.76. The Morgan fingerprint density at radius 3 is 2.86 bits per heavy atom. The monoisotopic (exact) mass is 106 g/mol. The van der Waals surface area contributed by atoms with Crippen molar-refractivity contribution in [1.82, 2.24) is 5.64 Å². The lowest BCUT2D eigenvalue weighted by Gasteiger charge is -1.97. The summed E-state index contributed by atoms with van der Waals surface area (Å²) < 4.78 is 0.